The van der Waals surface area contributed by atoms with Gasteiger partial charge in [0.05, 0.1) is 6.04 Å². The van der Waals surface area contributed by atoms with E-state index in [2.05, 4.69) is 17.4 Å². The third kappa shape index (κ3) is 3.58. The number of hydrogen-bond acceptors (Lipinski definition) is 2. The number of nitrogens with one attached hydrogen (secondary N) is 1. The Hall–Kier alpha value is -1.51. The van der Waals surface area contributed by atoms with Crippen LogP contribution in [0, 0.1) is 5.92 Å². The van der Waals surface area contributed by atoms with Gasteiger partial charge in [-0.15, -0.1) is 0 Å². The van der Waals surface area contributed by atoms with Crippen LogP contribution in [0.3, 0.4) is 0 Å². The minimum atomic E-state index is 0.142. The van der Waals surface area contributed by atoms with E-state index in [0.29, 0.717) is 5.75 Å². The van der Waals surface area contributed by atoms with Crippen molar-refractivity contribution in [1.29, 1.82) is 0 Å². The minimum Gasteiger partial charge on any atom is -0.508 e. The molecule has 0 aliphatic heterocycles. The van der Waals surface area contributed by atoms with E-state index in [9.17, 15) is 5.11 Å². The van der Waals surface area contributed by atoms with Gasteiger partial charge in [0.1, 0.15) is 5.75 Å². The number of halogens is 1. The average molecular weight is 302 g/mol. The molecule has 21 heavy (non-hydrogen) atoms. The molecule has 1 atom stereocenters. The third-order valence-corrected chi connectivity index (χ3v) is 4.52. The summed E-state index contributed by atoms with van der Waals surface area (Å²) in [5.41, 5.74) is 2.36. The lowest BCUT2D eigenvalue weighted by atomic mass is 9.85. The molecule has 0 amide bonds. The van der Waals surface area contributed by atoms with Crippen LogP contribution in [0.15, 0.2) is 48.5 Å². The first-order valence-electron chi connectivity index (χ1n) is 7.50. The molecule has 3 rings (SSSR count). The molecule has 3 heteroatoms. The van der Waals surface area contributed by atoms with Crippen molar-refractivity contribution in [2.24, 2.45) is 5.92 Å². The molecule has 0 saturated heterocycles. The molecule has 1 fully saturated rings. The highest BCUT2D eigenvalue weighted by atomic mass is 35.5. The minimum absolute atomic E-state index is 0.142. The van der Waals surface area contributed by atoms with Gasteiger partial charge in [-0.25, -0.2) is 0 Å². The molecule has 0 bridgehead atoms. The van der Waals surface area contributed by atoms with Crippen LogP contribution in [0.25, 0.3) is 0 Å². The zero-order valence-corrected chi connectivity index (χ0v) is 12.7. The summed E-state index contributed by atoms with van der Waals surface area (Å²) in [5.74, 6) is 1.10. The average Bonchev–Trinajstić information content (AvgIpc) is 2.44. The summed E-state index contributed by atoms with van der Waals surface area (Å²) in [4.78, 5) is 0. The molecule has 110 valence electrons. The summed E-state index contributed by atoms with van der Waals surface area (Å²) in [7, 11) is 0. The molecule has 0 heterocycles. The van der Waals surface area contributed by atoms with Gasteiger partial charge >= 0.3 is 0 Å². The predicted octanol–water partition coefficient (Wildman–Crippen LogP) is 4.52. The monoisotopic (exact) mass is 301 g/mol. The summed E-state index contributed by atoms with van der Waals surface area (Å²) in [6.45, 7) is 1.04. The molecule has 0 spiro atoms. The second-order valence-corrected chi connectivity index (χ2v) is 6.22. The highest BCUT2D eigenvalue weighted by Gasteiger charge is 2.20. The Bertz CT molecular complexity index is 530. The van der Waals surface area contributed by atoms with Crippen molar-refractivity contribution in [3.63, 3.8) is 0 Å². The normalized spacial score (nSPS) is 16.4. The summed E-state index contributed by atoms with van der Waals surface area (Å²) in [6, 6.07) is 15.5. The van der Waals surface area contributed by atoms with Crippen molar-refractivity contribution in [3.8, 4) is 5.75 Å². The molecule has 0 aromatic heterocycles. The van der Waals surface area contributed by atoms with Crippen LogP contribution >= 0.6 is 11.6 Å². The number of phenolic OH excluding ortho intramolecular Hbond substituents is 1. The quantitative estimate of drug-likeness (QED) is 0.850. The summed E-state index contributed by atoms with van der Waals surface area (Å²) < 4.78 is 0. The molecule has 0 radical (unpaired) electrons. The van der Waals surface area contributed by atoms with E-state index in [1.165, 1.54) is 24.8 Å². The predicted molar refractivity (Wildman–Crippen MR) is 86.7 cm³/mol. The zero-order valence-electron chi connectivity index (χ0n) is 11.9. The van der Waals surface area contributed by atoms with E-state index in [-0.39, 0.29) is 6.04 Å². The lowest BCUT2D eigenvalue weighted by Crippen LogP contribution is -2.31. The van der Waals surface area contributed by atoms with Gasteiger partial charge in [-0.2, -0.15) is 0 Å². The van der Waals surface area contributed by atoms with Crippen molar-refractivity contribution >= 4 is 11.6 Å². The standard InChI is InChI=1S/C18H20ClNO/c19-16-8-4-14(5-9-16)18(20-12-13-2-1-3-13)15-6-10-17(21)11-7-15/h4-11,13,18,20-21H,1-3,12H2. The van der Waals surface area contributed by atoms with E-state index in [4.69, 9.17) is 11.6 Å². The van der Waals surface area contributed by atoms with Gasteiger partial charge in [-0.3, -0.25) is 0 Å². The third-order valence-electron chi connectivity index (χ3n) is 4.27. The van der Waals surface area contributed by atoms with Crippen LogP contribution in [-0.4, -0.2) is 11.7 Å². The maximum atomic E-state index is 9.47. The van der Waals surface area contributed by atoms with E-state index in [0.717, 1.165) is 23.0 Å². The van der Waals surface area contributed by atoms with Gasteiger partial charge in [-0.05, 0) is 60.7 Å². The summed E-state index contributed by atoms with van der Waals surface area (Å²) >= 11 is 5.99. The molecule has 1 aliphatic carbocycles. The molecule has 2 N–H and O–H groups in total. The highest BCUT2D eigenvalue weighted by molar-refractivity contribution is 6.30. The smallest absolute Gasteiger partial charge is 0.115 e. The van der Waals surface area contributed by atoms with Crippen LogP contribution in [0.5, 0.6) is 5.75 Å². The maximum absolute atomic E-state index is 9.47. The highest BCUT2D eigenvalue weighted by Crippen LogP contribution is 2.29. The topological polar surface area (TPSA) is 32.3 Å². The fourth-order valence-electron chi connectivity index (χ4n) is 2.73. The van der Waals surface area contributed by atoms with Crippen molar-refractivity contribution in [2.75, 3.05) is 6.54 Å². The van der Waals surface area contributed by atoms with Crippen molar-refractivity contribution in [1.82, 2.24) is 5.32 Å². The Kier molecular flexibility index (Phi) is 4.47. The van der Waals surface area contributed by atoms with Gasteiger partial charge in [0.2, 0.25) is 0 Å². The van der Waals surface area contributed by atoms with Gasteiger partial charge in [-0.1, -0.05) is 42.3 Å². The number of benzene rings is 2. The number of hydrogen-bond donors (Lipinski definition) is 2. The molecule has 1 saturated carbocycles. The molecule has 1 aliphatic rings. The lowest BCUT2D eigenvalue weighted by molar-refractivity contribution is 0.295. The summed E-state index contributed by atoms with van der Waals surface area (Å²) in [5, 5.41) is 13.9. The van der Waals surface area contributed by atoms with Gasteiger partial charge in [0.15, 0.2) is 0 Å². The first-order valence-corrected chi connectivity index (χ1v) is 7.88. The first kappa shape index (κ1) is 14.4. The molecular formula is C18H20ClNO. The van der Waals surface area contributed by atoms with Crippen LogP contribution in [0.2, 0.25) is 5.02 Å². The first-order chi connectivity index (χ1) is 10.2. The number of phenols is 1. The largest absolute Gasteiger partial charge is 0.508 e. The van der Waals surface area contributed by atoms with Crippen LogP contribution in [0.1, 0.15) is 36.4 Å². The van der Waals surface area contributed by atoms with Gasteiger partial charge < -0.3 is 10.4 Å². The second-order valence-electron chi connectivity index (χ2n) is 5.78. The molecule has 1 unspecified atom stereocenters. The Morgan fingerprint density at radius 2 is 1.57 bits per heavy atom. The molecule has 2 nitrogen and oxygen atoms in total. The van der Waals surface area contributed by atoms with Crippen molar-refractivity contribution in [2.45, 2.75) is 25.3 Å². The Morgan fingerprint density at radius 1 is 1.00 bits per heavy atom. The van der Waals surface area contributed by atoms with E-state index >= 15 is 0 Å². The van der Waals surface area contributed by atoms with Crippen LogP contribution in [0.4, 0.5) is 0 Å². The van der Waals surface area contributed by atoms with Crippen molar-refractivity contribution in [3.05, 3.63) is 64.7 Å². The zero-order chi connectivity index (χ0) is 14.7. The number of rotatable bonds is 5. The summed E-state index contributed by atoms with van der Waals surface area (Å²) in [6.07, 6.45) is 4.02. The Balaban J connectivity index is 1.82. The Morgan fingerprint density at radius 3 is 2.10 bits per heavy atom. The van der Waals surface area contributed by atoms with Crippen LogP contribution < -0.4 is 5.32 Å². The molecule has 2 aromatic carbocycles. The van der Waals surface area contributed by atoms with E-state index < -0.39 is 0 Å². The fraction of sp³-hybridized carbons (Fsp3) is 0.333. The van der Waals surface area contributed by atoms with Crippen molar-refractivity contribution < 1.29 is 5.11 Å². The van der Waals surface area contributed by atoms with Crippen LogP contribution in [-0.2, 0) is 0 Å². The molecule has 2 aromatic rings. The second kappa shape index (κ2) is 6.50. The maximum Gasteiger partial charge on any atom is 0.115 e. The van der Waals surface area contributed by atoms with Gasteiger partial charge in [0.25, 0.3) is 0 Å². The molecular weight excluding hydrogens is 282 g/mol. The van der Waals surface area contributed by atoms with E-state index in [1.807, 2.05) is 24.3 Å². The van der Waals surface area contributed by atoms with Gasteiger partial charge in [0, 0.05) is 5.02 Å². The number of aromatic hydroxyl groups is 1. The fourth-order valence-corrected chi connectivity index (χ4v) is 2.86. The Labute approximate surface area is 130 Å². The lowest BCUT2D eigenvalue weighted by Gasteiger charge is -2.29. The SMILES string of the molecule is Oc1ccc(C(NCC2CCC2)c2ccc(Cl)cc2)cc1. The van der Waals surface area contributed by atoms with E-state index in [1.54, 1.807) is 12.1 Å².